The highest BCUT2D eigenvalue weighted by atomic mass is 16.4. The number of carbonyl (C=O) groups is 1. The van der Waals surface area contributed by atoms with Gasteiger partial charge in [0, 0.05) is 25.3 Å². The predicted molar refractivity (Wildman–Crippen MR) is 81.3 cm³/mol. The standard InChI is InChI=1S/C16H24N2O2/c1-14-5-4-6-15(13-14)18(10-7-16(19)20)12-11-17-8-2-3-9-17/h4-6,13H,2-3,7-12H2,1H3,(H,19,20). The van der Waals surface area contributed by atoms with E-state index in [9.17, 15) is 4.79 Å². The minimum Gasteiger partial charge on any atom is -0.481 e. The number of hydrogen-bond donors (Lipinski definition) is 1. The van der Waals surface area contributed by atoms with Gasteiger partial charge in [0.1, 0.15) is 0 Å². The van der Waals surface area contributed by atoms with E-state index < -0.39 is 5.97 Å². The molecule has 1 aliphatic rings. The molecule has 2 rings (SSSR count). The Morgan fingerprint density at radius 3 is 2.70 bits per heavy atom. The van der Waals surface area contributed by atoms with Crippen LogP contribution in [0.1, 0.15) is 24.8 Å². The third-order valence-electron chi connectivity index (χ3n) is 3.85. The van der Waals surface area contributed by atoms with Gasteiger partial charge in [-0.2, -0.15) is 0 Å². The van der Waals surface area contributed by atoms with Gasteiger partial charge in [-0.05, 0) is 50.6 Å². The Morgan fingerprint density at radius 1 is 1.30 bits per heavy atom. The van der Waals surface area contributed by atoms with Crippen molar-refractivity contribution >= 4 is 11.7 Å². The van der Waals surface area contributed by atoms with E-state index in [1.807, 2.05) is 6.07 Å². The zero-order valence-electron chi connectivity index (χ0n) is 12.2. The Bertz CT molecular complexity index is 442. The van der Waals surface area contributed by atoms with Gasteiger partial charge in [-0.1, -0.05) is 12.1 Å². The molecule has 1 aromatic carbocycles. The molecule has 0 amide bonds. The van der Waals surface area contributed by atoms with Gasteiger partial charge in [0.25, 0.3) is 0 Å². The molecule has 0 aliphatic carbocycles. The first-order valence-electron chi connectivity index (χ1n) is 7.41. The van der Waals surface area contributed by atoms with Crippen LogP contribution in [0.2, 0.25) is 0 Å². The summed E-state index contributed by atoms with van der Waals surface area (Å²) < 4.78 is 0. The van der Waals surface area contributed by atoms with E-state index in [-0.39, 0.29) is 6.42 Å². The second-order valence-electron chi connectivity index (χ2n) is 5.52. The molecular weight excluding hydrogens is 252 g/mol. The van der Waals surface area contributed by atoms with Crippen LogP contribution in [0, 0.1) is 6.92 Å². The van der Waals surface area contributed by atoms with Crippen molar-refractivity contribution < 1.29 is 9.90 Å². The summed E-state index contributed by atoms with van der Waals surface area (Å²) in [7, 11) is 0. The maximum absolute atomic E-state index is 10.8. The quantitative estimate of drug-likeness (QED) is 0.830. The zero-order valence-corrected chi connectivity index (χ0v) is 12.2. The molecule has 1 N–H and O–H groups in total. The molecule has 1 fully saturated rings. The summed E-state index contributed by atoms with van der Waals surface area (Å²) in [4.78, 5) is 15.5. The van der Waals surface area contributed by atoms with Crippen LogP contribution >= 0.6 is 0 Å². The fourth-order valence-electron chi connectivity index (χ4n) is 2.69. The van der Waals surface area contributed by atoms with E-state index in [1.165, 1.54) is 31.5 Å². The van der Waals surface area contributed by atoms with E-state index in [1.54, 1.807) is 0 Å². The molecule has 20 heavy (non-hydrogen) atoms. The van der Waals surface area contributed by atoms with Crippen LogP contribution in [-0.4, -0.2) is 48.7 Å². The SMILES string of the molecule is Cc1cccc(N(CCC(=O)O)CCN2CCCC2)c1. The number of nitrogens with zero attached hydrogens (tertiary/aromatic N) is 2. The highest BCUT2D eigenvalue weighted by Crippen LogP contribution is 2.17. The molecule has 0 aromatic heterocycles. The molecule has 4 nitrogen and oxygen atoms in total. The molecule has 1 heterocycles. The van der Waals surface area contributed by atoms with Crippen LogP contribution < -0.4 is 4.90 Å². The molecule has 1 saturated heterocycles. The Kier molecular flexibility index (Phi) is 5.41. The molecule has 110 valence electrons. The maximum atomic E-state index is 10.8. The van der Waals surface area contributed by atoms with Gasteiger partial charge in [0.05, 0.1) is 6.42 Å². The molecule has 0 bridgehead atoms. The normalized spacial score (nSPS) is 15.4. The van der Waals surface area contributed by atoms with Gasteiger partial charge in [0.15, 0.2) is 0 Å². The van der Waals surface area contributed by atoms with Crippen molar-refractivity contribution in [1.82, 2.24) is 4.90 Å². The summed E-state index contributed by atoms with van der Waals surface area (Å²) in [5.41, 5.74) is 2.34. The van der Waals surface area contributed by atoms with E-state index >= 15 is 0 Å². The summed E-state index contributed by atoms with van der Waals surface area (Å²) in [6.07, 6.45) is 2.77. The average Bonchev–Trinajstić information content (AvgIpc) is 2.91. The first-order chi connectivity index (χ1) is 9.65. The van der Waals surface area contributed by atoms with Gasteiger partial charge < -0.3 is 14.9 Å². The first-order valence-corrected chi connectivity index (χ1v) is 7.41. The lowest BCUT2D eigenvalue weighted by Crippen LogP contribution is -2.35. The Hall–Kier alpha value is -1.55. The number of aryl methyl sites for hydroxylation is 1. The average molecular weight is 276 g/mol. The maximum Gasteiger partial charge on any atom is 0.305 e. The molecule has 0 unspecified atom stereocenters. The minimum atomic E-state index is -0.733. The van der Waals surface area contributed by atoms with Crippen LogP contribution in [0.15, 0.2) is 24.3 Å². The van der Waals surface area contributed by atoms with E-state index in [2.05, 4.69) is 34.9 Å². The molecule has 4 heteroatoms. The summed E-state index contributed by atoms with van der Waals surface area (Å²) in [5.74, 6) is -0.733. The number of benzene rings is 1. The molecule has 0 atom stereocenters. The zero-order chi connectivity index (χ0) is 14.4. The Morgan fingerprint density at radius 2 is 2.05 bits per heavy atom. The van der Waals surface area contributed by atoms with Crippen LogP contribution in [0.3, 0.4) is 0 Å². The Balaban J connectivity index is 1.97. The van der Waals surface area contributed by atoms with Crippen molar-refractivity contribution in [2.45, 2.75) is 26.2 Å². The lowest BCUT2D eigenvalue weighted by Gasteiger charge is -2.27. The lowest BCUT2D eigenvalue weighted by molar-refractivity contribution is -0.136. The number of aliphatic carboxylic acids is 1. The molecule has 0 spiro atoms. The molecule has 0 saturated carbocycles. The van der Waals surface area contributed by atoms with Gasteiger partial charge in [0.2, 0.25) is 0 Å². The largest absolute Gasteiger partial charge is 0.481 e. The van der Waals surface area contributed by atoms with Crippen LogP contribution in [0.5, 0.6) is 0 Å². The van der Waals surface area contributed by atoms with E-state index in [0.29, 0.717) is 6.54 Å². The highest BCUT2D eigenvalue weighted by Gasteiger charge is 2.14. The fraction of sp³-hybridized carbons (Fsp3) is 0.562. The third-order valence-corrected chi connectivity index (χ3v) is 3.85. The van der Waals surface area contributed by atoms with Crippen molar-refractivity contribution in [3.8, 4) is 0 Å². The van der Waals surface area contributed by atoms with Gasteiger partial charge in [-0.15, -0.1) is 0 Å². The van der Waals surface area contributed by atoms with Gasteiger partial charge in [-0.3, -0.25) is 4.79 Å². The van der Waals surface area contributed by atoms with Crippen molar-refractivity contribution in [2.75, 3.05) is 37.6 Å². The summed E-state index contributed by atoms with van der Waals surface area (Å²) in [5, 5.41) is 8.91. The second-order valence-corrected chi connectivity index (χ2v) is 5.52. The minimum absolute atomic E-state index is 0.188. The number of likely N-dealkylation sites (tertiary alicyclic amines) is 1. The van der Waals surface area contributed by atoms with Gasteiger partial charge in [-0.25, -0.2) is 0 Å². The fourth-order valence-corrected chi connectivity index (χ4v) is 2.69. The monoisotopic (exact) mass is 276 g/mol. The Labute approximate surface area is 121 Å². The van der Waals surface area contributed by atoms with Crippen molar-refractivity contribution in [3.63, 3.8) is 0 Å². The topological polar surface area (TPSA) is 43.8 Å². The van der Waals surface area contributed by atoms with Crippen molar-refractivity contribution in [2.24, 2.45) is 0 Å². The second kappa shape index (κ2) is 7.29. The molecule has 0 radical (unpaired) electrons. The van der Waals surface area contributed by atoms with Crippen molar-refractivity contribution in [3.05, 3.63) is 29.8 Å². The molecule has 1 aromatic rings. The lowest BCUT2D eigenvalue weighted by atomic mass is 10.2. The summed E-state index contributed by atoms with van der Waals surface area (Å²) in [6.45, 7) is 6.93. The molecular formula is C16H24N2O2. The number of hydrogen-bond acceptors (Lipinski definition) is 3. The highest BCUT2D eigenvalue weighted by molar-refractivity contribution is 5.67. The number of rotatable bonds is 7. The predicted octanol–water partition coefficient (Wildman–Crippen LogP) is 2.37. The van der Waals surface area contributed by atoms with Crippen LogP contribution in [0.4, 0.5) is 5.69 Å². The van der Waals surface area contributed by atoms with E-state index in [0.717, 1.165) is 18.8 Å². The van der Waals surface area contributed by atoms with Crippen molar-refractivity contribution in [1.29, 1.82) is 0 Å². The van der Waals surface area contributed by atoms with E-state index in [4.69, 9.17) is 5.11 Å². The molecule has 1 aliphatic heterocycles. The first kappa shape index (κ1) is 14.9. The van der Waals surface area contributed by atoms with Crippen LogP contribution in [0.25, 0.3) is 0 Å². The number of carboxylic acids is 1. The third kappa shape index (κ3) is 4.53. The smallest absolute Gasteiger partial charge is 0.305 e. The van der Waals surface area contributed by atoms with Crippen LogP contribution in [-0.2, 0) is 4.79 Å². The summed E-state index contributed by atoms with van der Waals surface area (Å²) >= 11 is 0. The summed E-state index contributed by atoms with van der Waals surface area (Å²) in [6, 6.07) is 8.30. The number of carboxylic acid groups (broad SMARTS) is 1. The number of anilines is 1. The van der Waals surface area contributed by atoms with Gasteiger partial charge >= 0.3 is 5.97 Å².